The van der Waals surface area contributed by atoms with E-state index in [0.29, 0.717) is 21.4 Å². The van der Waals surface area contributed by atoms with Crippen molar-refractivity contribution in [3.8, 4) is 5.75 Å². The number of benzene rings is 2. The first-order valence-corrected chi connectivity index (χ1v) is 7.12. The first kappa shape index (κ1) is 14.6. The molecule has 1 nitrogen and oxygen atoms in total. The average molecular weight is 364 g/mol. The molecular formula is C14H10BrCl2FO. The maximum Gasteiger partial charge on any atom is 0.123 e. The van der Waals surface area contributed by atoms with Crippen LogP contribution in [0.25, 0.3) is 0 Å². The van der Waals surface area contributed by atoms with E-state index in [1.165, 1.54) is 12.1 Å². The Hall–Kier alpha value is -0.770. The standard InChI is InChI=1S/C14H10BrCl2FO/c1-19-13-3-2-11(18)7-12(13)14(15)8-4-9(16)6-10(17)5-8/h2-7,14H,1H3. The lowest BCUT2D eigenvalue weighted by Crippen LogP contribution is -1.98. The summed E-state index contributed by atoms with van der Waals surface area (Å²) in [4.78, 5) is -0.255. The van der Waals surface area contributed by atoms with Gasteiger partial charge in [-0.2, -0.15) is 0 Å². The molecule has 2 aromatic rings. The molecule has 0 heterocycles. The normalized spacial score (nSPS) is 12.3. The van der Waals surface area contributed by atoms with E-state index in [4.69, 9.17) is 27.9 Å². The third kappa shape index (κ3) is 3.41. The lowest BCUT2D eigenvalue weighted by molar-refractivity contribution is 0.409. The average Bonchev–Trinajstić information content (AvgIpc) is 2.36. The highest BCUT2D eigenvalue weighted by molar-refractivity contribution is 9.09. The van der Waals surface area contributed by atoms with Crippen LogP contribution in [0, 0.1) is 5.82 Å². The van der Waals surface area contributed by atoms with Crippen LogP contribution in [0.2, 0.25) is 10.0 Å². The van der Waals surface area contributed by atoms with Gasteiger partial charge in [0.25, 0.3) is 0 Å². The molecule has 0 N–H and O–H groups in total. The van der Waals surface area contributed by atoms with E-state index in [1.807, 2.05) is 0 Å². The molecule has 1 unspecified atom stereocenters. The second-order valence-corrected chi connectivity index (χ2v) is 5.74. The van der Waals surface area contributed by atoms with Crippen LogP contribution in [0.1, 0.15) is 16.0 Å². The molecule has 2 aromatic carbocycles. The lowest BCUT2D eigenvalue weighted by Gasteiger charge is -2.15. The Bertz CT molecular complexity index is 584. The summed E-state index contributed by atoms with van der Waals surface area (Å²) < 4.78 is 18.6. The first-order valence-electron chi connectivity index (χ1n) is 5.44. The zero-order valence-electron chi connectivity index (χ0n) is 9.96. The van der Waals surface area contributed by atoms with Crippen LogP contribution in [0.15, 0.2) is 36.4 Å². The van der Waals surface area contributed by atoms with E-state index in [0.717, 1.165) is 5.56 Å². The van der Waals surface area contributed by atoms with Crippen LogP contribution in [-0.4, -0.2) is 7.11 Å². The summed E-state index contributed by atoms with van der Waals surface area (Å²) in [5.74, 6) is 0.271. The van der Waals surface area contributed by atoms with Crippen LogP contribution in [0.3, 0.4) is 0 Å². The van der Waals surface area contributed by atoms with Crippen LogP contribution in [0.5, 0.6) is 5.75 Å². The second-order valence-electron chi connectivity index (χ2n) is 3.95. The molecule has 2 rings (SSSR count). The van der Waals surface area contributed by atoms with Crippen LogP contribution >= 0.6 is 39.1 Å². The van der Waals surface area contributed by atoms with Gasteiger partial charge in [0.05, 0.1) is 11.9 Å². The monoisotopic (exact) mass is 362 g/mol. The van der Waals surface area contributed by atoms with Crippen LogP contribution < -0.4 is 4.74 Å². The molecule has 19 heavy (non-hydrogen) atoms. The van der Waals surface area contributed by atoms with E-state index in [1.54, 1.807) is 31.4 Å². The van der Waals surface area contributed by atoms with Crippen molar-refractivity contribution in [2.24, 2.45) is 0 Å². The molecule has 0 radical (unpaired) electrons. The lowest BCUT2D eigenvalue weighted by atomic mass is 10.0. The number of rotatable bonds is 3. The summed E-state index contributed by atoms with van der Waals surface area (Å²) >= 11 is 15.5. The Balaban J connectivity index is 2.48. The van der Waals surface area contributed by atoms with E-state index in [-0.39, 0.29) is 10.6 Å². The van der Waals surface area contributed by atoms with Gasteiger partial charge in [-0.1, -0.05) is 39.1 Å². The Morgan fingerprint density at radius 1 is 1.11 bits per heavy atom. The summed E-state index contributed by atoms with van der Waals surface area (Å²) in [5.41, 5.74) is 1.52. The van der Waals surface area contributed by atoms with Crippen molar-refractivity contribution in [1.29, 1.82) is 0 Å². The SMILES string of the molecule is COc1ccc(F)cc1C(Br)c1cc(Cl)cc(Cl)c1. The summed E-state index contributed by atoms with van der Waals surface area (Å²) in [7, 11) is 1.54. The number of alkyl halides is 1. The molecular weight excluding hydrogens is 354 g/mol. The van der Waals surface area contributed by atoms with Crippen molar-refractivity contribution in [3.63, 3.8) is 0 Å². The predicted octanol–water partition coefficient (Wildman–Crippen LogP) is 5.63. The Labute approximate surface area is 129 Å². The molecule has 0 aliphatic carbocycles. The Morgan fingerprint density at radius 3 is 2.32 bits per heavy atom. The molecule has 100 valence electrons. The third-order valence-corrected chi connectivity index (χ3v) is 4.10. The number of methoxy groups -OCH3 is 1. The Morgan fingerprint density at radius 2 is 1.74 bits per heavy atom. The number of hydrogen-bond donors (Lipinski definition) is 0. The summed E-state index contributed by atoms with van der Waals surface area (Å²) in [5, 5.41) is 1.06. The van der Waals surface area contributed by atoms with Crippen molar-refractivity contribution in [3.05, 3.63) is 63.4 Å². The minimum Gasteiger partial charge on any atom is -0.496 e. The first-order chi connectivity index (χ1) is 9.01. The van der Waals surface area contributed by atoms with E-state index >= 15 is 0 Å². The fourth-order valence-electron chi connectivity index (χ4n) is 1.80. The molecule has 0 aliphatic rings. The third-order valence-electron chi connectivity index (χ3n) is 2.64. The van der Waals surface area contributed by atoms with E-state index < -0.39 is 0 Å². The van der Waals surface area contributed by atoms with Gasteiger partial charge < -0.3 is 4.74 Å². The molecule has 5 heteroatoms. The zero-order valence-corrected chi connectivity index (χ0v) is 13.1. The van der Waals surface area contributed by atoms with Gasteiger partial charge in [-0.05, 0) is 42.0 Å². The number of ether oxygens (including phenoxy) is 1. The van der Waals surface area contributed by atoms with Gasteiger partial charge in [0.1, 0.15) is 11.6 Å². The molecule has 0 fully saturated rings. The molecule has 1 atom stereocenters. The van der Waals surface area contributed by atoms with Gasteiger partial charge in [-0.15, -0.1) is 0 Å². The van der Waals surface area contributed by atoms with Gasteiger partial charge in [0.15, 0.2) is 0 Å². The highest BCUT2D eigenvalue weighted by Gasteiger charge is 2.17. The minimum absolute atomic E-state index is 0.255. The van der Waals surface area contributed by atoms with Gasteiger partial charge in [0.2, 0.25) is 0 Å². The predicted molar refractivity (Wildman–Crippen MR) is 80.2 cm³/mol. The van der Waals surface area contributed by atoms with Crippen molar-refractivity contribution < 1.29 is 9.13 Å². The van der Waals surface area contributed by atoms with Gasteiger partial charge in [0, 0.05) is 15.6 Å². The summed E-state index contributed by atoms with van der Waals surface area (Å²) in [6.07, 6.45) is 0. The molecule has 0 amide bonds. The quantitative estimate of drug-likeness (QED) is 0.642. The van der Waals surface area contributed by atoms with E-state index in [9.17, 15) is 4.39 Å². The van der Waals surface area contributed by atoms with Crippen molar-refractivity contribution in [1.82, 2.24) is 0 Å². The largest absolute Gasteiger partial charge is 0.496 e. The van der Waals surface area contributed by atoms with Crippen molar-refractivity contribution in [2.75, 3.05) is 7.11 Å². The molecule has 0 spiro atoms. The molecule has 0 aromatic heterocycles. The maximum absolute atomic E-state index is 13.4. The number of halogens is 4. The van der Waals surface area contributed by atoms with Crippen molar-refractivity contribution in [2.45, 2.75) is 4.83 Å². The summed E-state index contributed by atoms with van der Waals surface area (Å²) in [6.45, 7) is 0. The fourth-order valence-corrected chi connectivity index (χ4v) is 2.97. The van der Waals surface area contributed by atoms with E-state index in [2.05, 4.69) is 15.9 Å². The second kappa shape index (κ2) is 6.12. The van der Waals surface area contributed by atoms with Gasteiger partial charge in [-0.3, -0.25) is 0 Å². The highest BCUT2D eigenvalue weighted by atomic mass is 79.9. The minimum atomic E-state index is -0.326. The number of hydrogen-bond acceptors (Lipinski definition) is 1. The highest BCUT2D eigenvalue weighted by Crippen LogP contribution is 2.38. The van der Waals surface area contributed by atoms with Crippen LogP contribution in [-0.2, 0) is 0 Å². The molecule has 0 aliphatic heterocycles. The van der Waals surface area contributed by atoms with Gasteiger partial charge >= 0.3 is 0 Å². The molecule has 0 saturated heterocycles. The molecule has 0 bridgehead atoms. The summed E-state index contributed by atoms with van der Waals surface area (Å²) in [6, 6.07) is 9.56. The maximum atomic E-state index is 13.4. The Kier molecular flexibility index (Phi) is 4.71. The van der Waals surface area contributed by atoms with Crippen LogP contribution in [0.4, 0.5) is 4.39 Å². The molecule has 0 saturated carbocycles. The van der Waals surface area contributed by atoms with Gasteiger partial charge in [-0.25, -0.2) is 4.39 Å². The fraction of sp³-hybridized carbons (Fsp3) is 0.143. The zero-order chi connectivity index (χ0) is 14.0. The smallest absolute Gasteiger partial charge is 0.123 e. The topological polar surface area (TPSA) is 9.23 Å². The van der Waals surface area contributed by atoms with Crippen molar-refractivity contribution >= 4 is 39.1 Å².